The quantitative estimate of drug-likeness (QED) is 0.343. The van der Waals surface area contributed by atoms with Crippen molar-refractivity contribution in [3.05, 3.63) is 52.1 Å². The molecule has 2 aliphatic heterocycles. The van der Waals surface area contributed by atoms with E-state index in [2.05, 4.69) is 14.1 Å². The molecule has 1 N–H and O–H groups in total. The molecule has 0 saturated heterocycles. The minimum atomic E-state index is -0.138. The molecule has 0 aliphatic carbocycles. The van der Waals surface area contributed by atoms with Gasteiger partial charge in [-0.15, -0.1) is 0 Å². The van der Waals surface area contributed by atoms with Gasteiger partial charge in [0, 0.05) is 23.1 Å². The van der Waals surface area contributed by atoms with Gasteiger partial charge in [-0.1, -0.05) is 0 Å². The van der Waals surface area contributed by atoms with Crippen LogP contribution in [0.5, 0.6) is 17.2 Å². The lowest BCUT2D eigenvalue weighted by Gasteiger charge is -2.43. The van der Waals surface area contributed by atoms with E-state index in [0.29, 0.717) is 28.0 Å². The van der Waals surface area contributed by atoms with Crippen LogP contribution < -0.4 is 38.2 Å². The molecule has 0 fully saturated rings. The third-order valence-electron chi connectivity index (χ3n) is 6.28. The fourth-order valence-corrected chi connectivity index (χ4v) is 4.57. The van der Waals surface area contributed by atoms with Gasteiger partial charge < -0.3 is 47.8 Å². The van der Waals surface area contributed by atoms with Gasteiger partial charge in [0.25, 0.3) is 0 Å². The second-order valence-corrected chi connectivity index (χ2v) is 8.40. The summed E-state index contributed by atoms with van der Waals surface area (Å²) in [5.74, 6) is 2.17. The van der Waals surface area contributed by atoms with E-state index in [1.165, 1.54) is 0 Å². The first-order valence-electron chi connectivity index (χ1n) is 9.91. The fourth-order valence-electron chi connectivity index (χ4n) is 4.57. The molecule has 2 aromatic rings. The van der Waals surface area contributed by atoms with Crippen molar-refractivity contribution in [1.29, 1.82) is 0 Å². The molecule has 2 aromatic carbocycles. The molecule has 0 spiro atoms. The van der Waals surface area contributed by atoms with Crippen LogP contribution in [0.4, 0.5) is 0 Å². The number of ether oxygens (including phenoxy) is 3. The van der Waals surface area contributed by atoms with Crippen LogP contribution in [0.25, 0.3) is 0 Å². The number of methoxy groups -OCH3 is 1. The molecule has 0 radical (unpaired) electrons. The maximum Gasteiger partial charge on any atom is 0.231 e. The Labute approximate surface area is 194 Å². The molecule has 2 heterocycles. The number of fused-ring (bicyclic) bond motifs is 2. The van der Waals surface area contributed by atoms with Gasteiger partial charge in [-0.3, -0.25) is 4.79 Å². The van der Waals surface area contributed by atoms with E-state index < -0.39 is 0 Å². The van der Waals surface area contributed by atoms with Crippen molar-refractivity contribution in [2.24, 2.45) is 0 Å². The predicted octanol–water partition coefficient (Wildman–Crippen LogP) is 0.175. The highest BCUT2D eigenvalue weighted by Gasteiger charge is 2.41. The second-order valence-electron chi connectivity index (χ2n) is 8.40. The first-order valence-corrected chi connectivity index (χ1v) is 9.91. The number of Topliss-reactive ketones (excluding diaryl/α,β-unsaturated/α-hetero) is 1. The van der Waals surface area contributed by atoms with Crippen LogP contribution in [-0.4, -0.2) is 49.9 Å². The standard InChI is InChI=1S/C23H28NO5.HI/c1-14-9-15(5-6-20(14)27-4)19(26)11-18-22-16(7-8-24(18,2)3)10-21-23(17(22)12-25)29-13-28-21;/h5-6,9-10,18,25H,7-8,11-13H2,1-4H3;1H/q+1;/p-1. The van der Waals surface area contributed by atoms with Crippen LogP contribution in [0, 0.1) is 6.92 Å². The minimum Gasteiger partial charge on any atom is -1.00 e. The van der Waals surface area contributed by atoms with E-state index in [9.17, 15) is 9.90 Å². The van der Waals surface area contributed by atoms with Crippen molar-refractivity contribution in [2.45, 2.75) is 32.4 Å². The molecular formula is C23H28INO5. The summed E-state index contributed by atoms with van der Waals surface area (Å²) < 4.78 is 17.2. The Hall–Kier alpha value is -1.84. The second kappa shape index (κ2) is 8.72. The molecular weight excluding hydrogens is 497 g/mol. The highest BCUT2D eigenvalue weighted by Crippen LogP contribution is 2.47. The highest BCUT2D eigenvalue weighted by molar-refractivity contribution is 5.97. The Morgan fingerprint density at radius 3 is 2.70 bits per heavy atom. The van der Waals surface area contributed by atoms with Gasteiger partial charge >= 0.3 is 0 Å². The van der Waals surface area contributed by atoms with Crippen LogP contribution in [-0.2, 0) is 13.0 Å². The van der Waals surface area contributed by atoms with E-state index in [1.807, 2.05) is 31.2 Å². The monoisotopic (exact) mass is 525 g/mol. The molecule has 0 aromatic heterocycles. The number of likely N-dealkylation sites (N-methyl/N-ethyl adjacent to an activating group) is 1. The number of aryl methyl sites for hydroxylation is 1. The lowest BCUT2D eigenvalue weighted by atomic mass is 9.83. The molecule has 6 nitrogen and oxygen atoms in total. The zero-order valence-corrected chi connectivity index (χ0v) is 20.0. The number of carbonyl (C=O) groups excluding carboxylic acids is 1. The summed E-state index contributed by atoms with van der Waals surface area (Å²) in [6, 6.07) is 7.51. The van der Waals surface area contributed by atoms with Gasteiger partial charge in [0.05, 0.1) is 40.8 Å². The molecule has 0 saturated carbocycles. The number of carbonyl (C=O) groups is 1. The van der Waals surface area contributed by atoms with Crippen LogP contribution in [0.2, 0.25) is 0 Å². The molecule has 1 atom stereocenters. The van der Waals surface area contributed by atoms with Crippen molar-refractivity contribution in [3.8, 4) is 17.2 Å². The van der Waals surface area contributed by atoms with Crippen LogP contribution in [0.3, 0.4) is 0 Å². The molecule has 2 aliphatic rings. The summed E-state index contributed by atoms with van der Waals surface area (Å²) in [6.07, 6.45) is 1.23. The van der Waals surface area contributed by atoms with Crippen molar-refractivity contribution in [1.82, 2.24) is 0 Å². The molecule has 1 unspecified atom stereocenters. The number of ketones is 1. The Morgan fingerprint density at radius 1 is 1.27 bits per heavy atom. The van der Waals surface area contributed by atoms with Crippen molar-refractivity contribution < 1.29 is 52.6 Å². The number of quaternary nitrogens is 1. The van der Waals surface area contributed by atoms with Gasteiger partial charge in [0.15, 0.2) is 17.3 Å². The fraction of sp³-hybridized carbons (Fsp3) is 0.435. The lowest BCUT2D eigenvalue weighted by molar-refractivity contribution is -0.922. The predicted molar refractivity (Wildman–Crippen MR) is 109 cm³/mol. The van der Waals surface area contributed by atoms with Crippen LogP contribution >= 0.6 is 0 Å². The van der Waals surface area contributed by atoms with Crippen molar-refractivity contribution in [2.75, 3.05) is 34.5 Å². The number of hydrogen-bond acceptors (Lipinski definition) is 5. The SMILES string of the molecule is COc1ccc(C(=O)CC2c3c(cc4c(c3CO)OCO4)CC[N+]2(C)C)cc1C.[I-]. The number of benzene rings is 2. The zero-order chi connectivity index (χ0) is 20.8. The molecule has 0 amide bonds. The van der Waals surface area contributed by atoms with Gasteiger partial charge in [-0.2, -0.15) is 0 Å². The first kappa shape index (κ1) is 22.8. The van der Waals surface area contributed by atoms with E-state index in [0.717, 1.165) is 41.0 Å². The third-order valence-corrected chi connectivity index (χ3v) is 6.28. The first-order chi connectivity index (χ1) is 13.9. The molecule has 7 heteroatoms. The smallest absolute Gasteiger partial charge is 0.231 e. The molecule has 0 bridgehead atoms. The largest absolute Gasteiger partial charge is 1.00 e. The average Bonchev–Trinajstić information content (AvgIpc) is 3.16. The van der Waals surface area contributed by atoms with Crippen molar-refractivity contribution in [3.63, 3.8) is 0 Å². The van der Waals surface area contributed by atoms with E-state index in [4.69, 9.17) is 14.2 Å². The summed E-state index contributed by atoms with van der Waals surface area (Å²) in [6.45, 7) is 2.88. The molecule has 162 valence electrons. The molecule has 4 rings (SSSR count). The normalized spacial score (nSPS) is 18.4. The van der Waals surface area contributed by atoms with E-state index >= 15 is 0 Å². The Bertz CT molecular complexity index is 973. The zero-order valence-electron chi connectivity index (χ0n) is 17.8. The summed E-state index contributed by atoms with van der Waals surface area (Å²) in [7, 11) is 5.92. The van der Waals surface area contributed by atoms with Gasteiger partial charge in [0.1, 0.15) is 11.8 Å². The summed E-state index contributed by atoms with van der Waals surface area (Å²) in [4.78, 5) is 13.2. The number of aliphatic hydroxyl groups is 1. The highest BCUT2D eigenvalue weighted by atomic mass is 127. The van der Waals surface area contributed by atoms with Gasteiger partial charge in [0.2, 0.25) is 6.79 Å². The number of aliphatic hydroxyl groups excluding tert-OH is 1. The Balaban J connectivity index is 0.00000256. The third kappa shape index (κ3) is 3.90. The summed E-state index contributed by atoms with van der Waals surface area (Å²) in [5, 5.41) is 10.1. The van der Waals surface area contributed by atoms with E-state index in [1.54, 1.807) is 7.11 Å². The Kier molecular flexibility index (Phi) is 6.64. The topological polar surface area (TPSA) is 65.0 Å². The van der Waals surface area contributed by atoms with Gasteiger partial charge in [-0.25, -0.2) is 0 Å². The maximum absolute atomic E-state index is 13.2. The average molecular weight is 525 g/mol. The minimum absolute atomic E-state index is 0. The van der Waals surface area contributed by atoms with Crippen molar-refractivity contribution >= 4 is 5.78 Å². The number of nitrogens with zero attached hydrogens (tertiary/aromatic N) is 1. The maximum atomic E-state index is 13.2. The van der Waals surface area contributed by atoms with Crippen LogP contribution in [0.1, 0.15) is 45.1 Å². The summed E-state index contributed by atoms with van der Waals surface area (Å²) in [5.41, 5.74) is 4.55. The Morgan fingerprint density at radius 2 is 2.03 bits per heavy atom. The number of hydrogen-bond donors (Lipinski definition) is 1. The van der Waals surface area contributed by atoms with E-state index in [-0.39, 0.29) is 49.2 Å². The van der Waals surface area contributed by atoms with Gasteiger partial charge in [-0.05, 0) is 42.3 Å². The molecule has 30 heavy (non-hydrogen) atoms. The lowest BCUT2D eigenvalue weighted by Crippen LogP contribution is -3.00. The number of rotatable bonds is 5. The number of halogens is 1. The summed E-state index contributed by atoms with van der Waals surface area (Å²) >= 11 is 0. The van der Waals surface area contributed by atoms with Crippen LogP contribution in [0.15, 0.2) is 24.3 Å².